The summed E-state index contributed by atoms with van der Waals surface area (Å²) in [5.41, 5.74) is 4.48. The van der Waals surface area contributed by atoms with Crippen molar-refractivity contribution in [3.8, 4) is 23.0 Å². The first-order valence-electron chi connectivity index (χ1n) is 6.55. The van der Waals surface area contributed by atoms with E-state index in [1.807, 2.05) is 30.3 Å². The minimum absolute atomic E-state index is 1.01. The zero-order valence-corrected chi connectivity index (χ0v) is 11.0. The van der Waals surface area contributed by atoms with E-state index in [2.05, 4.69) is 66.4 Å². The highest BCUT2D eigenvalue weighted by atomic mass is 14.0. The van der Waals surface area contributed by atoms with Gasteiger partial charge in [0.25, 0.3) is 0 Å². The van der Waals surface area contributed by atoms with Gasteiger partial charge >= 0.3 is 0 Å². The van der Waals surface area contributed by atoms with Gasteiger partial charge in [0.2, 0.25) is 0 Å². The fraction of sp³-hybridized carbons (Fsp3) is 0. The average molecular weight is 253 g/mol. The predicted molar refractivity (Wildman–Crippen MR) is 83.1 cm³/mol. The second-order valence-electron chi connectivity index (χ2n) is 4.48. The molecule has 0 N–H and O–H groups in total. The van der Waals surface area contributed by atoms with E-state index in [9.17, 15) is 0 Å². The maximum Gasteiger partial charge on any atom is 0.0249 e. The van der Waals surface area contributed by atoms with Gasteiger partial charge < -0.3 is 0 Å². The predicted octanol–water partition coefficient (Wildman–Crippen LogP) is 4.55. The molecule has 0 unspecified atom stereocenters. The van der Waals surface area contributed by atoms with Gasteiger partial charge in [0, 0.05) is 11.1 Å². The van der Waals surface area contributed by atoms with Crippen molar-refractivity contribution in [2.45, 2.75) is 0 Å². The third-order valence-electron chi connectivity index (χ3n) is 3.06. The Labute approximate surface area is 119 Å². The zero-order chi connectivity index (χ0) is 13.6. The van der Waals surface area contributed by atoms with Crippen molar-refractivity contribution < 1.29 is 0 Å². The van der Waals surface area contributed by atoms with Gasteiger partial charge in [-0.2, -0.15) is 0 Å². The Bertz CT molecular complexity index is 727. The van der Waals surface area contributed by atoms with Crippen LogP contribution in [0.2, 0.25) is 0 Å². The summed E-state index contributed by atoms with van der Waals surface area (Å²) in [6.07, 6.45) is 0. The van der Waals surface area contributed by atoms with E-state index in [1.54, 1.807) is 0 Å². The van der Waals surface area contributed by atoms with Crippen LogP contribution in [0.3, 0.4) is 0 Å². The second-order valence-corrected chi connectivity index (χ2v) is 4.48. The first-order chi connectivity index (χ1) is 9.92. The lowest BCUT2D eigenvalue weighted by Crippen LogP contribution is -1.79. The maximum absolute atomic E-state index is 3.18. The molecule has 0 atom stereocenters. The highest BCUT2D eigenvalue weighted by Gasteiger charge is 1.95. The molecule has 0 heteroatoms. The van der Waals surface area contributed by atoms with E-state index >= 15 is 0 Å². The van der Waals surface area contributed by atoms with E-state index in [-0.39, 0.29) is 0 Å². The topological polar surface area (TPSA) is 0 Å². The monoisotopic (exact) mass is 253 g/mol. The average Bonchev–Trinajstić information content (AvgIpc) is 2.55. The van der Waals surface area contributed by atoms with Crippen molar-refractivity contribution in [1.29, 1.82) is 0 Å². The van der Waals surface area contributed by atoms with Crippen molar-refractivity contribution >= 4 is 0 Å². The van der Waals surface area contributed by atoms with Gasteiger partial charge in [0.1, 0.15) is 0 Å². The SMILES string of the molecule is C(#Cc1ccc(-c2ccccc2)cc1)c1cc[c]cc1. The quantitative estimate of drug-likeness (QED) is 0.558. The van der Waals surface area contributed by atoms with Crippen LogP contribution in [0.15, 0.2) is 78.9 Å². The van der Waals surface area contributed by atoms with Crippen LogP contribution < -0.4 is 0 Å². The fourth-order valence-electron chi connectivity index (χ4n) is 1.99. The molecule has 0 spiro atoms. The van der Waals surface area contributed by atoms with Crippen LogP contribution in [-0.2, 0) is 0 Å². The first-order valence-corrected chi connectivity index (χ1v) is 6.55. The molecule has 20 heavy (non-hydrogen) atoms. The van der Waals surface area contributed by atoms with Crippen molar-refractivity contribution in [1.82, 2.24) is 0 Å². The van der Waals surface area contributed by atoms with Crippen LogP contribution >= 0.6 is 0 Å². The Balaban J connectivity index is 1.83. The zero-order valence-electron chi connectivity index (χ0n) is 11.0. The molecule has 0 aliphatic carbocycles. The summed E-state index contributed by atoms with van der Waals surface area (Å²) in [5.74, 6) is 6.33. The third kappa shape index (κ3) is 2.96. The van der Waals surface area contributed by atoms with Crippen molar-refractivity contribution in [3.63, 3.8) is 0 Å². The molecule has 0 nitrogen and oxygen atoms in total. The van der Waals surface area contributed by atoms with E-state index in [0.717, 1.165) is 11.1 Å². The molecule has 93 valence electrons. The number of hydrogen-bond acceptors (Lipinski definition) is 0. The third-order valence-corrected chi connectivity index (χ3v) is 3.06. The molecule has 0 saturated heterocycles. The molecule has 3 aromatic carbocycles. The summed E-state index contributed by atoms with van der Waals surface area (Å²) in [6.45, 7) is 0. The summed E-state index contributed by atoms with van der Waals surface area (Å²) in [5, 5.41) is 0. The molecule has 0 amide bonds. The molecule has 0 aromatic heterocycles. The van der Waals surface area contributed by atoms with Crippen LogP contribution in [-0.4, -0.2) is 0 Å². The Morgan fingerprint density at radius 3 is 1.75 bits per heavy atom. The van der Waals surface area contributed by atoms with E-state index < -0.39 is 0 Å². The first kappa shape index (κ1) is 12.3. The molecule has 1 radical (unpaired) electrons. The fourth-order valence-corrected chi connectivity index (χ4v) is 1.99. The normalized spacial score (nSPS) is 9.60. The van der Waals surface area contributed by atoms with E-state index in [1.165, 1.54) is 11.1 Å². The molecule has 0 bridgehead atoms. The minimum Gasteiger partial charge on any atom is -0.0622 e. The molecule has 0 aliphatic heterocycles. The largest absolute Gasteiger partial charge is 0.0622 e. The Morgan fingerprint density at radius 2 is 1.10 bits per heavy atom. The Morgan fingerprint density at radius 1 is 0.550 bits per heavy atom. The van der Waals surface area contributed by atoms with Gasteiger partial charge in [-0.05, 0) is 41.5 Å². The number of benzene rings is 3. The summed E-state index contributed by atoms with van der Waals surface area (Å²) in [6, 6.07) is 29.4. The van der Waals surface area contributed by atoms with Gasteiger partial charge in [-0.1, -0.05) is 66.4 Å². The highest BCUT2D eigenvalue weighted by molar-refractivity contribution is 5.64. The summed E-state index contributed by atoms with van der Waals surface area (Å²) in [7, 11) is 0. The number of rotatable bonds is 1. The lowest BCUT2D eigenvalue weighted by molar-refractivity contribution is 1.59. The van der Waals surface area contributed by atoms with Crippen molar-refractivity contribution in [2.24, 2.45) is 0 Å². The van der Waals surface area contributed by atoms with Crippen LogP contribution in [0.5, 0.6) is 0 Å². The molecule has 0 fully saturated rings. The highest BCUT2D eigenvalue weighted by Crippen LogP contribution is 2.18. The van der Waals surface area contributed by atoms with Crippen molar-refractivity contribution in [3.05, 3.63) is 96.1 Å². The Kier molecular flexibility index (Phi) is 3.62. The summed E-state index contributed by atoms with van der Waals surface area (Å²) < 4.78 is 0. The van der Waals surface area contributed by atoms with Gasteiger partial charge in [0.15, 0.2) is 0 Å². The Hall–Kier alpha value is -2.78. The standard InChI is InChI=1S/C20H13/c1-3-7-17(8-4-1)11-12-18-13-15-20(16-14-18)19-9-5-2-6-10-19/h2-10,13-16H. The van der Waals surface area contributed by atoms with E-state index in [0.29, 0.717) is 0 Å². The van der Waals surface area contributed by atoms with Crippen LogP contribution in [0.1, 0.15) is 11.1 Å². The molecule has 0 heterocycles. The smallest absolute Gasteiger partial charge is 0.0249 e. The van der Waals surface area contributed by atoms with Gasteiger partial charge in [-0.3, -0.25) is 0 Å². The minimum atomic E-state index is 1.01. The molecule has 0 saturated carbocycles. The molecular weight excluding hydrogens is 240 g/mol. The maximum atomic E-state index is 3.18. The molecule has 3 aromatic rings. The van der Waals surface area contributed by atoms with E-state index in [4.69, 9.17) is 0 Å². The van der Waals surface area contributed by atoms with Crippen LogP contribution in [0.25, 0.3) is 11.1 Å². The summed E-state index contributed by atoms with van der Waals surface area (Å²) in [4.78, 5) is 0. The van der Waals surface area contributed by atoms with Crippen LogP contribution in [0.4, 0.5) is 0 Å². The lowest BCUT2D eigenvalue weighted by Gasteiger charge is -2.00. The number of hydrogen-bond donors (Lipinski definition) is 0. The van der Waals surface area contributed by atoms with Gasteiger partial charge in [-0.15, -0.1) is 0 Å². The van der Waals surface area contributed by atoms with Gasteiger partial charge in [-0.25, -0.2) is 0 Å². The second kappa shape index (κ2) is 5.91. The summed E-state index contributed by atoms with van der Waals surface area (Å²) >= 11 is 0. The molecule has 3 rings (SSSR count). The van der Waals surface area contributed by atoms with Crippen LogP contribution in [0, 0.1) is 17.9 Å². The molecular formula is C20H13. The van der Waals surface area contributed by atoms with Crippen molar-refractivity contribution in [2.75, 3.05) is 0 Å². The van der Waals surface area contributed by atoms with Gasteiger partial charge in [0.05, 0.1) is 0 Å². The molecule has 0 aliphatic rings. The lowest BCUT2D eigenvalue weighted by atomic mass is 10.0.